The maximum absolute atomic E-state index is 3.51. The predicted molar refractivity (Wildman–Crippen MR) is 102 cm³/mol. The van der Waals surface area contributed by atoms with E-state index in [0.29, 0.717) is 0 Å². The summed E-state index contributed by atoms with van der Waals surface area (Å²) in [5.41, 5.74) is 3.03. The molecule has 0 bridgehead atoms. The van der Waals surface area contributed by atoms with Gasteiger partial charge < -0.3 is 0 Å². The molecule has 0 amide bonds. The van der Waals surface area contributed by atoms with E-state index < -0.39 is 0 Å². The monoisotopic (exact) mass is 410 g/mol. The van der Waals surface area contributed by atoms with E-state index in [1.54, 1.807) is 0 Å². The molecule has 3 aromatic carbocycles. The molecule has 0 aliphatic carbocycles. The molecule has 0 heterocycles. The van der Waals surface area contributed by atoms with Crippen LogP contribution in [0.2, 0.25) is 0 Å². The minimum Gasteiger partial charge on any atom is -0.0622 e. The molecule has 0 N–H and O–H groups in total. The largest absolute Gasteiger partial charge is 0.0766 e. The molecule has 0 spiro atoms. The lowest BCUT2D eigenvalue weighted by Crippen LogP contribution is -1.84. The first-order valence-electron chi connectivity index (χ1n) is 6.85. The molecule has 0 aromatic heterocycles. The van der Waals surface area contributed by atoms with Crippen LogP contribution < -0.4 is 0 Å². The summed E-state index contributed by atoms with van der Waals surface area (Å²) >= 11 is 7.02. The highest BCUT2D eigenvalue weighted by Crippen LogP contribution is 2.29. The fourth-order valence-corrected chi connectivity index (χ4v) is 2.89. The number of hydrogen-bond donors (Lipinski definition) is 0. The van der Waals surface area contributed by atoms with Gasteiger partial charge in [-0.15, -0.1) is 0 Å². The van der Waals surface area contributed by atoms with Crippen molar-refractivity contribution in [3.63, 3.8) is 0 Å². The van der Waals surface area contributed by atoms with Crippen LogP contribution in [0.15, 0.2) is 76.2 Å². The summed E-state index contributed by atoms with van der Waals surface area (Å²) in [6.07, 6.45) is 0. The van der Waals surface area contributed by atoms with E-state index in [9.17, 15) is 0 Å². The van der Waals surface area contributed by atoms with Crippen LogP contribution in [0.5, 0.6) is 0 Å². The van der Waals surface area contributed by atoms with Gasteiger partial charge in [0.1, 0.15) is 0 Å². The van der Waals surface area contributed by atoms with E-state index in [1.165, 1.54) is 10.8 Å². The number of halogens is 2. The topological polar surface area (TPSA) is 0 Å². The third kappa shape index (κ3) is 3.50. The van der Waals surface area contributed by atoms with Crippen molar-refractivity contribution in [3.8, 4) is 11.8 Å². The van der Waals surface area contributed by atoms with Crippen molar-refractivity contribution < 1.29 is 0 Å². The minimum absolute atomic E-state index is 0.860. The van der Waals surface area contributed by atoms with E-state index in [0.717, 1.165) is 20.1 Å². The zero-order chi connectivity index (χ0) is 15.4. The van der Waals surface area contributed by atoms with Crippen molar-refractivity contribution in [2.45, 2.75) is 0 Å². The maximum Gasteiger partial charge on any atom is 0.0766 e. The van der Waals surface area contributed by atoms with Crippen LogP contribution in [0.4, 0.5) is 0 Å². The van der Waals surface area contributed by atoms with Crippen LogP contribution in [0, 0.1) is 11.8 Å². The number of hydrogen-bond acceptors (Lipinski definition) is 0. The lowest BCUT2D eigenvalue weighted by molar-refractivity contribution is 1.64. The van der Waals surface area contributed by atoms with Crippen molar-refractivity contribution in [2.24, 2.45) is 0 Å². The van der Waals surface area contributed by atoms with Crippen molar-refractivity contribution >= 4 is 48.2 Å². The lowest BCUT2D eigenvalue weighted by atomic mass is 10.0. The van der Waals surface area contributed by atoms with Gasteiger partial charge in [0.15, 0.2) is 0 Å². The summed E-state index contributed by atoms with van der Waals surface area (Å²) in [5, 5.41) is 2.44. The molecule has 3 rings (SSSR count). The summed E-state index contributed by atoms with van der Waals surface area (Å²) in [7, 11) is 0. The van der Waals surface area contributed by atoms with Gasteiger partial charge in [-0.2, -0.15) is 0 Å². The Balaban J connectivity index is 2.05. The molecule has 0 fully saturated rings. The van der Waals surface area contributed by atoms with Crippen LogP contribution in [0.1, 0.15) is 11.1 Å². The first-order valence-corrected chi connectivity index (χ1v) is 8.44. The molecule has 0 saturated carbocycles. The maximum atomic E-state index is 3.51. The highest BCUT2D eigenvalue weighted by atomic mass is 79.9. The summed E-state index contributed by atoms with van der Waals surface area (Å²) in [6.45, 7) is 0. The number of allylic oxidation sites excluding steroid dienone is 1. The van der Waals surface area contributed by atoms with Crippen molar-refractivity contribution in [2.75, 3.05) is 0 Å². The smallest absolute Gasteiger partial charge is 0.0622 e. The molecule has 0 nitrogen and oxygen atoms in total. The Morgan fingerprint density at radius 3 is 2.14 bits per heavy atom. The van der Waals surface area contributed by atoms with Gasteiger partial charge in [0, 0.05) is 5.56 Å². The first kappa shape index (κ1) is 15.1. The predicted octanol–water partition coefficient (Wildman–Crippen LogP) is 6.35. The van der Waals surface area contributed by atoms with Crippen LogP contribution in [0.25, 0.3) is 16.3 Å². The molecular formula is C20H12Br2. The Kier molecular flexibility index (Phi) is 4.77. The Hall–Kier alpha value is -1.82. The van der Waals surface area contributed by atoms with Crippen LogP contribution in [0.3, 0.4) is 0 Å². The molecule has 0 radical (unpaired) electrons. The van der Waals surface area contributed by atoms with E-state index in [1.807, 2.05) is 42.5 Å². The molecule has 2 heteroatoms. The number of benzene rings is 3. The Bertz CT molecular complexity index is 893. The fourth-order valence-electron chi connectivity index (χ4n) is 2.23. The molecule has 0 saturated heterocycles. The van der Waals surface area contributed by atoms with Gasteiger partial charge in [0.05, 0.1) is 8.96 Å². The van der Waals surface area contributed by atoms with Gasteiger partial charge in [-0.25, -0.2) is 0 Å². The zero-order valence-electron chi connectivity index (χ0n) is 11.7. The Morgan fingerprint density at radius 2 is 1.41 bits per heavy atom. The van der Waals surface area contributed by atoms with Crippen molar-refractivity contribution in [3.05, 3.63) is 87.3 Å². The fraction of sp³-hybridized carbons (Fsp3) is 0. The second kappa shape index (κ2) is 6.96. The summed E-state index contributed by atoms with van der Waals surface area (Å²) < 4.78 is 0.860. The average Bonchev–Trinajstić information content (AvgIpc) is 2.55. The molecule has 0 unspecified atom stereocenters. The van der Waals surface area contributed by atoms with E-state index >= 15 is 0 Å². The normalized spacial score (nSPS) is 9.91. The number of fused-ring (bicyclic) bond motifs is 1. The third-order valence-corrected chi connectivity index (χ3v) is 4.13. The van der Waals surface area contributed by atoms with Gasteiger partial charge in [-0.1, -0.05) is 66.4 Å². The number of rotatable bonds is 1. The summed E-state index contributed by atoms with van der Waals surface area (Å²) in [4.78, 5) is 0. The quantitative estimate of drug-likeness (QED) is 0.409. The highest BCUT2D eigenvalue weighted by molar-refractivity contribution is 9.28. The van der Waals surface area contributed by atoms with Crippen molar-refractivity contribution in [1.82, 2.24) is 0 Å². The Morgan fingerprint density at radius 1 is 0.727 bits per heavy atom. The molecule has 0 atom stereocenters. The zero-order valence-corrected chi connectivity index (χ0v) is 14.9. The lowest BCUT2D eigenvalue weighted by Gasteiger charge is -2.04. The average molecular weight is 412 g/mol. The molecule has 3 aromatic rings. The second-order valence-electron chi connectivity index (χ2n) is 4.81. The van der Waals surface area contributed by atoms with Gasteiger partial charge >= 0.3 is 0 Å². The van der Waals surface area contributed by atoms with Gasteiger partial charge in [0.25, 0.3) is 0 Å². The minimum atomic E-state index is 0.860. The molecule has 0 aliphatic rings. The second-order valence-corrected chi connectivity index (χ2v) is 7.46. The van der Waals surface area contributed by atoms with Gasteiger partial charge in [-0.05, 0) is 66.4 Å². The molecular weight excluding hydrogens is 400 g/mol. The molecule has 22 heavy (non-hydrogen) atoms. The van der Waals surface area contributed by atoms with E-state index in [-0.39, 0.29) is 0 Å². The SMILES string of the molecule is BrC(Br)=C(C#Cc1ccccc1)c1ccc2ccccc2c1. The third-order valence-electron chi connectivity index (χ3n) is 3.33. The first-order chi connectivity index (χ1) is 10.7. The standard InChI is InChI=1S/C20H12Br2/c21-20(22)19(13-10-15-6-2-1-3-7-15)18-12-11-16-8-4-5-9-17(16)14-18/h1-9,11-12,14H. The van der Waals surface area contributed by atoms with Gasteiger partial charge in [-0.3, -0.25) is 0 Å². The van der Waals surface area contributed by atoms with Crippen LogP contribution in [-0.2, 0) is 0 Å². The highest BCUT2D eigenvalue weighted by Gasteiger charge is 2.04. The van der Waals surface area contributed by atoms with E-state index in [2.05, 4.69) is 74.0 Å². The van der Waals surface area contributed by atoms with Crippen molar-refractivity contribution in [1.29, 1.82) is 0 Å². The molecule has 0 aliphatic heterocycles. The Labute approximate surface area is 147 Å². The van der Waals surface area contributed by atoms with Gasteiger partial charge in [0.2, 0.25) is 0 Å². The summed E-state index contributed by atoms with van der Waals surface area (Å²) in [5.74, 6) is 6.46. The van der Waals surface area contributed by atoms with E-state index in [4.69, 9.17) is 0 Å². The van der Waals surface area contributed by atoms with Crippen LogP contribution in [-0.4, -0.2) is 0 Å². The molecule has 106 valence electrons. The van der Waals surface area contributed by atoms with Crippen LogP contribution >= 0.6 is 31.9 Å². The summed E-state index contributed by atoms with van der Waals surface area (Å²) in [6, 6.07) is 24.7.